The normalized spacial score (nSPS) is 19.8. The minimum Gasteiger partial charge on any atom is -0.507 e. The van der Waals surface area contributed by atoms with E-state index in [0.29, 0.717) is 35.7 Å². The molecule has 0 radical (unpaired) electrons. The number of nitrogens with one attached hydrogen (secondary N) is 1. The smallest absolute Gasteiger partial charge is 0.197 e. The van der Waals surface area contributed by atoms with Crippen molar-refractivity contribution in [3.05, 3.63) is 57.2 Å². The van der Waals surface area contributed by atoms with Crippen LogP contribution in [0, 0.1) is 5.92 Å². The lowest BCUT2D eigenvalue weighted by Gasteiger charge is -2.32. The van der Waals surface area contributed by atoms with Gasteiger partial charge in [-0.3, -0.25) is 4.79 Å². The zero-order valence-electron chi connectivity index (χ0n) is 15.0. The van der Waals surface area contributed by atoms with E-state index in [9.17, 15) is 20.1 Å². The minimum atomic E-state index is -0.426. The first-order valence-electron chi connectivity index (χ1n) is 9.10. The Morgan fingerprint density at radius 1 is 1.18 bits per heavy atom. The number of aliphatic hydroxyl groups excluding tert-OH is 1. The van der Waals surface area contributed by atoms with Crippen molar-refractivity contribution in [1.82, 2.24) is 5.32 Å². The third-order valence-corrected chi connectivity index (χ3v) is 5.68. The Kier molecular flexibility index (Phi) is 5.02. The molecule has 1 aliphatic rings. The summed E-state index contributed by atoms with van der Waals surface area (Å²) in [4.78, 5) is 12.8. The monoisotopic (exact) mass is 401 g/mol. The second kappa shape index (κ2) is 7.47. The summed E-state index contributed by atoms with van der Waals surface area (Å²) < 4.78 is 6.04. The van der Waals surface area contributed by atoms with Crippen LogP contribution in [-0.2, 0) is 0 Å². The number of phenolic OH excluding ortho intramolecular Hbond substituents is 2. The molecule has 4 N–H and O–H groups in total. The van der Waals surface area contributed by atoms with Gasteiger partial charge in [0.25, 0.3) is 0 Å². The summed E-state index contributed by atoms with van der Waals surface area (Å²) in [6, 6.07) is 9.43. The van der Waals surface area contributed by atoms with Crippen molar-refractivity contribution in [3.8, 4) is 22.8 Å². The summed E-state index contributed by atoms with van der Waals surface area (Å²) in [6.45, 7) is 1.21. The first-order valence-corrected chi connectivity index (χ1v) is 9.48. The molecule has 0 spiro atoms. The predicted octanol–water partition coefficient (Wildman–Crippen LogP) is 3.21. The van der Waals surface area contributed by atoms with Crippen LogP contribution in [0.3, 0.4) is 0 Å². The minimum absolute atomic E-state index is 0.0128. The summed E-state index contributed by atoms with van der Waals surface area (Å²) in [6.07, 6.45) is 0.651. The van der Waals surface area contributed by atoms with Crippen LogP contribution in [0.25, 0.3) is 22.3 Å². The largest absolute Gasteiger partial charge is 0.507 e. The van der Waals surface area contributed by atoms with E-state index in [1.165, 1.54) is 12.1 Å². The molecule has 1 saturated heterocycles. The van der Waals surface area contributed by atoms with Gasteiger partial charge in [-0.15, -0.1) is 0 Å². The van der Waals surface area contributed by atoms with Crippen LogP contribution < -0.4 is 10.7 Å². The number of halogens is 1. The van der Waals surface area contributed by atoms with Crippen molar-refractivity contribution in [3.63, 3.8) is 0 Å². The molecular weight excluding hydrogens is 382 g/mol. The third-order valence-electron chi connectivity index (χ3n) is 5.35. The summed E-state index contributed by atoms with van der Waals surface area (Å²) >= 11 is 6.26. The molecule has 2 aromatic carbocycles. The van der Waals surface area contributed by atoms with Crippen LogP contribution in [0.1, 0.15) is 17.9 Å². The molecule has 0 aliphatic carbocycles. The van der Waals surface area contributed by atoms with Gasteiger partial charge in [0, 0.05) is 42.3 Å². The summed E-state index contributed by atoms with van der Waals surface area (Å²) in [7, 11) is 0. The highest BCUT2D eigenvalue weighted by Crippen LogP contribution is 2.43. The molecule has 2 heterocycles. The van der Waals surface area contributed by atoms with Gasteiger partial charge >= 0.3 is 0 Å². The van der Waals surface area contributed by atoms with Gasteiger partial charge in [0.15, 0.2) is 5.43 Å². The van der Waals surface area contributed by atoms with Gasteiger partial charge in [-0.05, 0) is 31.0 Å². The lowest BCUT2D eigenvalue weighted by Crippen LogP contribution is -2.37. The number of hydrogen-bond donors (Lipinski definition) is 4. The van der Waals surface area contributed by atoms with Crippen molar-refractivity contribution < 1.29 is 19.7 Å². The molecule has 2 unspecified atom stereocenters. The zero-order chi connectivity index (χ0) is 19.8. The average Bonchev–Trinajstić information content (AvgIpc) is 2.68. The van der Waals surface area contributed by atoms with Crippen LogP contribution in [0.5, 0.6) is 11.5 Å². The van der Waals surface area contributed by atoms with Crippen LogP contribution in [-0.4, -0.2) is 35.0 Å². The van der Waals surface area contributed by atoms with Crippen molar-refractivity contribution in [2.45, 2.75) is 12.3 Å². The number of piperidine rings is 1. The van der Waals surface area contributed by atoms with Crippen molar-refractivity contribution in [2.24, 2.45) is 5.92 Å². The number of benzene rings is 2. The van der Waals surface area contributed by atoms with E-state index in [1.54, 1.807) is 24.3 Å². The molecule has 7 heteroatoms. The Labute approximate surface area is 166 Å². The highest BCUT2D eigenvalue weighted by atomic mass is 35.5. The Bertz CT molecular complexity index is 1090. The average molecular weight is 402 g/mol. The highest BCUT2D eigenvalue weighted by Gasteiger charge is 2.32. The summed E-state index contributed by atoms with van der Waals surface area (Å²) in [5, 5.41) is 34.3. The second-order valence-corrected chi connectivity index (χ2v) is 7.44. The van der Waals surface area contributed by atoms with Gasteiger partial charge in [-0.2, -0.15) is 0 Å². The standard InChI is InChI=1S/C21H20ClNO5/c22-14-4-2-1-3-13(14)18-8-17(27)20-16(26)7-15(25)19(21(20)28-18)12-5-6-23-9-11(12)10-24/h1-4,7-8,11-12,23-26H,5-6,9-10H2. The van der Waals surface area contributed by atoms with Gasteiger partial charge in [-0.1, -0.05) is 23.7 Å². The Morgan fingerprint density at radius 2 is 1.96 bits per heavy atom. The molecular formula is C21H20ClNO5. The molecule has 4 rings (SSSR count). The van der Waals surface area contributed by atoms with E-state index >= 15 is 0 Å². The van der Waals surface area contributed by atoms with E-state index in [-0.39, 0.29) is 46.7 Å². The summed E-state index contributed by atoms with van der Waals surface area (Å²) in [5.74, 6) is -0.621. The molecule has 3 aromatic rings. The van der Waals surface area contributed by atoms with Crippen LogP contribution in [0.2, 0.25) is 5.02 Å². The number of rotatable bonds is 3. The lowest BCUT2D eigenvalue weighted by molar-refractivity contribution is 0.178. The van der Waals surface area contributed by atoms with Gasteiger partial charge in [0.1, 0.15) is 28.2 Å². The number of fused-ring (bicyclic) bond motifs is 1. The molecule has 28 heavy (non-hydrogen) atoms. The predicted molar refractivity (Wildman–Crippen MR) is 107 cm³/mol. The van der Waals surface area contributed by atoms with Crippen LogP contribution in [0.4, 0.5) is 0 Å². The quantitative estimate of drug-likeness (QED) is 0.537. The van der Waals surface area contributed by atoms with Gasteiger partial charge in [0.2, 0.25) is 0 Å². The number of hydrogen-bond acceptors (Lipinski definition) is 6. The maximum absolute atomic E-state index is 12.8. The highest BCUT2D eigenvalue weighted by molar-refractivity contribution is 6.33. The first-order chi connectivity index (χ1) is 13.5. The van der Waals surface area contributed by atoms with E-state index in [1.807, 2.05) is 0 Å². The SMILES string of the molecule is O=c1cc(-c2ccccc2Cl)oc2c(C3CCNCC3CO)c(O)cc(O)c12. The lowest BCUT2D eigenvalue weighted by atomic mass is 9.80. The van der Waals surface area contributed by atoms with E-state index in [2.05, 4.69) is 5.32 Å². The number of phenols is 2. The zero-order valence-corrected chi connectivity index (χ0v) is 15.7. The van der Waals surface area contributed by atoms with Crippen LogP contribution >= 0.6 is 11.6 Å². The van der Waals surface area contributed by atoms with Crippen LogP contribution in [0.15, 0.2) is 45.6 Å². The molecule has 0 amide bonds. The van der Waals surface area contributed by atoms with E-state index in [4.69, 9.17) is 16.0 Å². The summed E-state index contributed by atoms with van der Waals surface area (Å²) in [5.41, 5.74) is 0.676. The van der Waals surface area contributed by atoms with Crippen molar-refractivity contribution in [1.29, 1.82) is 0 Å². The maximum Gasteiger partial charge on any atom is 0.197 e. The first kappa shape index (κ1) is 18.8. The number of aliphatic hydroxyl groups is 1. The Morgan fingerprint density at radius 3 is 2.71 bits per heavy atom. The molecule has 0 saturated carbocycles. The molecule has 1 aromatic heterocycles. The molecule has 1 aliphatic heterocycles. The van der Waals surface area contributed by atoms with Gasteiger partial charge in [-0.25, -0.2) is 0 Å². The van der Waals surface area contributed by atoms with Crippen molar-refractivity contribution in [2.75, 3.05) is 19.7 Å². The van der Waals surface area contributed by atoms with E-state index in [0.717, 1.165) is 0 Å². The van der Waals surface area contributed by atoms with E-state index < -0.39 is 5.43 Å². The fourth-order valence-electron chi connectivity index (χ4n) is 3.97. The van der Waals surface area contributed by atoms with Crippen molar-refractivity contribution >= 4 is 22.6 Å². The fraction of sp³-hybridized carbons (Fsp3) is 0.286. The molecule has 6 nitrogen and oxygen atoms in total. The molecule has 146 valence electrons. The fourth-order valence-corrected chi connectivity index (χ4v) is 4.20. The third kappa shape index (κ3) is 3.13. The molecule has 0 bridgehead atoms. The topological polar surface area (TPSA) is 103 Å². The number of aromatic hydroxyl groups is 2. The van der Waals surface area contributed by atoms with Gasteiger partial charge < -0.3 is 25.1 Å². The second-order valence-electron chi connectivity index (χ2n) is 7.03. The maximum atomic E-state index is 12.8. The molecule has 1 fully saturated rings. The Balaban J connectivity index is 2.02. The molecule has 2 atom stereocenters. The van der Waals surface area contributed by atoms with Gasteiger partial charge in [0.05, 0.1) is 5.02 Å². The Hall–Kier alpha value is -2.54.